The standard InChI is InChI=1S/C11H13F3O2/c1-4-16-11-6(2)8(12)9(13)7(5-15-3)10(11)14/h4-5H2,1-3H3. The van der Waals surface area contributed by atoms with Gasteiger partial charge in [-0.25, -0.2) is 13.2 Å². The summed E-state index contributed by atoms with van der Waals surface area (Å²) in [5, 5.41) is 0. The van der Waals surface area contributed by atoms with Crippen molar-refractivity contribution in [1.82, 2.24) is 0 Å². The molecule has 0 amide bonds. The molecule has 0 saturated carbocycles. The lowest BCUT2D eigenvalue weighted by molar-refractivity contribution is 0.174. The first-order valence-corrected chi connectivity index (χ1v) is 4.82. The van der Waals surface area contributed by atoms with Crippen molar-refractivity contribution in [3.8, 4) is 5.75 Å². The van der Waals surface area contributed by atoms with Gasteiger partial charge in [-0.3, -0.25) is 0 Å². The second-order valence-corrected chi connectivity index (χ2v) is 3.24. The van der Waals surface area contributed by atoms with Crippen LogP contribution in [-0.4, -0.2) is 13.7 Å². The Morgan fingerprint density at radius 3 is 2.19 bits per heavy atom. The maximum absolute atomic E-state index is 13.7. The maximum atomic E-state index is 13.7. The molecule has 0 aliphatic heterocycles. The van der Waals surface area contributed by atoms with Crippen molar-refractivity contribution < 1.29 is 22.6 Å². The third-order valence-electron chi connectivity index (χ3n) is 2.17. The first kappa shape index (κ1) is 12.8. The molecule has 0 bridgehead atoms. The molecule has 90 valence electrons. The molecule has 0 atom stereocenters. The summed E-state index contributed by atoms with van der Waals surface area (Å²) < 4.78 is 50.1. The smallest absolute Gasteiger partial charge is 0.174 e. The number of halogens is 3. The summed E-state index contributed by atoms with van der Waals surface area (Å²) in [6, 6.07) is 0. The highest BCUT2D eigenvalue weighted by Gasteiger charge is 2.23. The van der Waals surface area contributed by atoms with Crippen molar-refractivity contribution in [2.45, 2.75) is 20.5 Å². The van der Waals surface area contributed by atoms with Crippen LogP contribution in [0.15, 0.2) is 0 Å². The molecule has 2 nitrogen and oxygen atoms in total. The van der Waals surface area contributed by atoms with E-state index in [-0.39, 0.29) is 24.5 Å². The number of benzene rings is 1. The SMILES string of the molecule is CCOc1c(C)c(F)c(F)c(COC)c1F. The van der Waals surface area contributed by atoms with E-state index >= 15 is 0 Å². The maximum Gasteiger partial charge on any atom is 0.174 e. The van der Waals surface area contributed by atoms with Crippen LogP contribution in [0.1, 0.15) is 18.1 Å². The van der Waals surface area contributed by atoms with Gasteiger partial charge in [-0.05, 0) is 13.8 Å². The molecule has 1 rings (SSSR count). The average Bonchev–Trinajstić information content (AvgIpc) is 2.28. The van der Waals surface area contributed by atoms with E-state index in [1.54, 1.807) is 6.92 Å². The zero-order chi connectivity index (χ0) is 12.3. The van der Waals surface area contributed by atoms with Gasteiger partial charge in [-0.1, -0.05) is 0 Å². The van der Waals surface area contributed by atoms with E-state index in [1.807, 2.05) is 0 Å². The number of hydrogen-bond donors (Lipinski definition) is 0. The summed E-state index contributed by atoms with van der Waals surface area (Å²) >= 11 is 0. The molecular formula is C11H13F3O2. The van der Waals surface area contributed by atoms with Gasteiger partial charge in [0.25, 0.3) is 0 Å². The molecule has 1 aromatic carbocycles. The molecule has 0 unspecified atom stereocenters. The zero-order valence-corrected chi connectivity index (χ0v) is 9.36. The van der Waals surface area contributed by atoms with Gasteiger partial charge in [-0.15, -0.1) is 0 Å². The molecule has 0 heterocycles. The molecule has 0 radical (unpaired) electrons. The van der Waals surface area contributed by atoms with E-state index in [9.17, 15) is 13.2 Å². The van der Waals surface area contributed by atoms with E-state index in [0.717, 1.165) is 0 Å². The van der Waals surface area contributed by atoms with Crippen molar-refractivity contribution in [2.24, 2.45) is 0 Å². The Morgan fingerprint density at radius 1 is 1.06 bits per heavy atom. The minimum absolute atomic E-state index is 0.170. The van der Waals surface area contributed by atoms with Crippen molar-refractivity contribution >= 4 is 0 Å². The molecule has 0 fully saturated rings. The number of ether oxygens (including phenoxy) is 2. The van der Waals surface area contributed by atoms with Crippen LogP contribution in [0.2, 0.25) is 0 Å². The number of methoxy groups -OCH3 is 1. The third kappa shape index (κ3) is 2.14. The molecule has 0 aromatic heterocycles. The predicted molar refractivity (Wildman–Crippen MR) is 52.9 cm³/mol. The topological polar surface area (TPSA) is 18.5 Å². The lowest BCUT2D eigenvalue weighted by atomic mass is 10.1. The zero-order valence-electron chi connectivity index (χ0n) is 9.36. The lowest BCUT2D eigenvalue weighted by Gasteiger charge is -2.13. The Bertz CT molecular complexity index is 358. The molecule has 16 heavy (non-hydrogen) atoms. The fourth-order valence-electron chi connectivity index (χ4n) is 1.38. The van der Waals surface area contributed by atoms with E-state index in [0.29, 0.717) is 0 Å². The molecule has 0 saturated heterocycles. The fourth-order valence-corrected chi connectivity index (χ4v) is 1.38. The normalized spacial score (nSPS) is 10.6. The van der Waals surface area contributed by atoms with E-state index < -0.39 is 23.0 Å². The molecule has 0 aliphatic carbocycles. The van der Waals surface area contributed by atoms with Crippen LogP contribution in [0.4, 0.5) is 13.2 Å². The minimum Gasteiger partial charge on any atom is -0.490 e. The summed E-state index contributed by atoms with van der Waals surface area (Å²) in [4.78, 5) is 0. The Morgan fingerprint density at radius 2 is 1.69 bits per heavy atom. The van der Waals surface area contributed by atoms with Gasteiger partial charge in [0.15, 0.2) is 23.2 Å². The van der Waals surface area contributed by atoms with Gasteiger partial charge in [0.1, 0.15) is 0 Å². The van der Waals surface area contributed by atoms with Gasteiger partial charge in [0, 0.05) is 12.7 Å². The summed E-state index contributed by atoms with van der Waals surface area (Å²) in [7, 11) is 1.27. The van der Waals surface area contributed by atoms with Crippen LogP contribution < -0.4 is 4.74 Å². The van der Waals surface area contributed by atoms with Gasteiger partial charge < -0.3 is 9.47 Å². The minimum atomic E-state index is -1.22. The molecule has 0 spiro atoms. The first-order chi connectivity index (χ1) is 7.54. The fraction of sp³-hybridized carbons (Fsp3) is 0.455. The van der Waals surface area contributed by atoms with Gasteiger partial charge in [-0.2, -0.15) is 0 Å². The van der Waals surface area contributed by atoms with E-state index in [4.69, 9.17) is 4.74 Å². The largest absolute Gasteiger partial charge is 0.490 e. The van der Waals surface area contributed by atoms with Crippen LogP contribution in [0.25, 0.3) is 0 Å². The van der Waals surface area contributed by atoms with Crippen LogP contribution in [-0.2, 0) is 11.3 Å². The highest BCUT2D eigenvalue weighted by atomic mass is 19.2. The number of hydrogen-bond acceptors (Lipinski definition) is 2. The molecule has 0 aliphatic rings. The molecule has 0 N–H and O–H groups in total. The third-order valence-corrected chi connectivity index (χ3v) is 2.17. The van der Waals surface area contributed by atoms with Crippen LogP contribution in [0.3, 0.4) is 0 Å². The number of rotatable bonds is 4. The van der Waals surface area contributed by atoms with Gasteiger partial charge >= 0.3 is 0 Å². The quantitative estimate of drug-likeness (QED) is 0.746. The summed E-state index contributed by atoms with van der Waals surface area (Å²) in [6.07, 6.45) is 0. The predicted octanol–water partition coefficient (Wildman–Crippen LogP) is 2.96. The second-order valence-electron chi connectivity index (χ2n) is 3.24. The average molecular weight is 234 g/mol. The Hall–Kier alpha value is -1.23. The van der Waals surface area contributed by atoms with Crippen LogP contribution >= 0.6 is 0 Å². The Kier molecular flexibility index (Phi) is 4.18. The molecular weight excluding hydrogens is 221 g/mol. The molecule has 1 aromatic rings. The summed E-state index contributed by atoms with van der Waals surface area (Å²) in [5.41, 5.74) is -0.620. The van der Waals surface area contributed by atoms with Crippen molar-refractivity contribution in [1.29, 1.82) is 0 Å². The van der Waals surface area contributed by atoms with Gasteiger partial charge in [0.05, 0.1) is 18.8 Å². The van der Waals surface area contributed by atoms with Crippen molar-refractivity contribution in [2.75, 3.05) is 13.7 Å². The van der Waals surface area contributed by atoms with E-state index in [2.05, 4.69) is 4.74 Å². The summed E-state index contributed by atoms with van der Waals surface area (Å²) in [6.45, 7) is 2.74. The van der Waals surface area contributed by atoms with E-state index in [1.165, 1.54) is 14.0 Å². The second kappa shape index (κ2) is 5.21. The highest BCUT2D eigenvalue weighted by Crippen LogP contribution is 2.31. The van der Waals surface area contributed by atoms with Crippen molar-refractivity contribution in [3.63, 3.8) is 0 Å². The monoisotopic (exact) mass is 234 g/mol. The first-order valence-electron chi connectivity index (χ1n) is 4.82. The Balaban J connectivity index is 3.39. The van der Waals surface area contributed by atoms with Crippen LogP contribution in [0.5, 0.6) is 5.75 Å². The van der Waals surface area contributed by atoms with Gasteiger partial charge in [0.2, 0.25) is 0 Å². The van der Waals surface area contributed by atoms with Crippen molar-refractivity contribution in [3.05, 3.63) is 28.6 Å². The highest BCUT2D eigenvalue weighted by molar-refractivity contribution is 5.40. The summed E-state index contributed by atoms with van der Waals surface area (Å²) in [5.74, 6) is -3.48. The lowest BCUT2D eigenvalue weighted by Crippen LogP contribution is -2.08. The Labute approximate surface area is 92.0 Å². The molecule has 5 heteroatoms. The van der Waals surface area contributed by atoms with Crippen LogP contribution in [0, 0.1) is 24.4 Å².